The molecule has 0 atom stereocenters. The van der Waals surface area contributed by atoms with Crippen molar-refractivity contribution in [2.24, 2.45) is 0 Å². The Morgan fingerprint density at radius 1 is 1.15 bits per heavy atom. The minimum absolute atomic E-state index is 0.335. The molecule has 0 amide bonds. The van der Waals surface area contributed by atoms with Crippen LogP contribution in [0.1, 0.15) is 22.5 Å². The molecule has 2 aromatic rings. The maximum absolute atomic E-state index is 11.5. The molecule has 0 radical (unpaired) electrons. The molecule has 1 N–H and O–H groups in total. The number of hydrogen-bond acceptors (Lipinski definition) is 6. The lowest BCUT2D eigenvalue weighted by Gasteiger charge is -2.26. The van der Waals surface area contributed by atoms with Gasteiger partial charge in [0.15, 0.2) is 0 Å². The fraction of sp³-hybridized carbons (Fsp3) is 0.450. The molecule has 0 aliphatic carbocycles. The smallest absolute Gasteiger partial charge is 0.337 e. The van der Waals surface area contributed by atoms with Gasteiger partial charge in [0.1, 0.15) is 11.5 Å². The second-order valence-electron chi connectivity index (χ2n) is 6.32. The Balaban J connectivity index is 1.42. The summed E-state index contributed by atoms with van der Waals surface area (Å²) in [5.41, 5.74) is 1.47. The van der Waals surface area contributed by atoms with Crippen molar-refractivity contribution in [1.29, 1.82) is 0 Å². The van der Waals surface area contributed by atoms with E-state index in [-0.39, 0.29) is 5.97 Å². The summed E-state index contributed by atoms with van der Waals surface area (Å²) < 4.78 is 16.0. The highest BCUT2D eigenvalue weighted by Crippen LogP contribution is 2.22. The van der Waals surface area contributed by atoms with E-state index in [1.165, 1.54) is 7.11 Å². The maximum Gasteiger partial charge on any atom is 0.337 e. The van der Waals surface area contributed by atoms with Crippen LogP contribution in [0.2, 0.25) is 0 Å². The van der Waals surface area contributed by atoms with Crippen LogP contribution in [0.3, 0.4) is 0 Å². The van der Waals surface area contributed by atoms with Gasteiger partial charge in [-0.2, -0.15) is 0 Å². The third-order valence-electron chi connectivity index (χ3n) is 4.48. The number of ether oxygens (including phenoxy) is 2. The molecule has 0 spiro atoms. The van der Waals surface area contributed by atoms with Crippen molar-refractivity contribution in [3.63, 3.8) is 0 Å². The first kappa shape index (κ1) is 18.6. The minimum atomic E-state index is -0.335. The first-order valence-corrected chi connectivity index (χ1v) is 9.04. The second-order valence-corrected chi connectivity index (χ2v) is 6.32. The van der Waals surface area contributed by atoms with Gasteiger partial charge in [0, 0.05) is 18.7 Å². The van der Waals surface area contributed by atoms with E-state index in [4.69, 9.17) is 13.9 Å². The predicted molar refractivity (Wildman–Crippen MR) is 99.1 cm³/mol. The van der Waals surface area contributed by atoms with Crippen LogP contribution in [0.15, 0.2) is 40.8 Å². The Morgan fingerprint density at radius 2 is 1.92 bits per heavy atom. The summed E-state index contributed by atoms with van der Waals surface area (Å²) in [6.07, 6.45) is 1.11. The summed E-state index contributed by atoms with van der Waals surface area (Å²) in [6.45, 7) is 6.55. The fourth-order valence-corrected chi connectivity index (χ4v) is 2.98. The van der Waals surface area contributed by atoms with Gasteiger partial charge in [0.05, 0.1) is 32.4 Å². The molecule has 0 unspecified atom stereocenters. The van der Waals surface area contributed by atoms with Crippen LogP contribution >= 0.6 is 0 Å². The average Bonchev–Trinajstić information content (AvgIpc) is 3.17. The number of methoxy groups -OCH3 is 1. The van der Waals surface area contributed by atoms with Crippen LogP contribution in [0.25, 0.3) is 11.3 Å². The fourth-order valence-electron chi connectivity index (χ4n) is 2.98. The summed E-state index contributed by atoms with van der Waals surface area (Å²) in [5.74, 6) is 1.37. The normalized spacial score (nSPS) is 15.1. The van der Waals surface area contributed by atoms with Gasteiger partial charge in [-0.1, -0.05) is 12.1 Å². The van der Waals surface area contributed by atoms with Crippen molar-refractivity contribution in [1.82, 2.24) is 10.2 Å². The minimum Gasteiger partial charge on any atom is -0.465 e. The zero-order valence-electron chi connectivity index (χ0n) is 15.2. The second kappa shape index (κ2) is 9.52. The molecule has 26 heavy (non-hydrogen) atoms. The van der Waals surface area contributed by atoms with Crippen LogP contribution < -0.4 is 5.32 Å². The van der Waals surface area contributed by atoms with Gasteiger partial charge < -0.3 is 19.2 Å². The first-order valence-electron chi connectivity index (χ1n) is 9.04. The lowest BCUT2D eigenvalue weighted by Crippen LogP contribution is -2.37. The number of morpholine rings is 1. The van der Waals surface area contributed by atoms with E-state index in [2.05, 4.69) is 10.2 Å². The number of rotatable bonds is 8. The lowest BCUT2D eigenvalue weighted by molar-refractivity contribution is 0.0374. The van der Waals surface area contributed by atoms with E-state index in [9.17, 15) is 4.79 Å². The van der Waals surface area contributed by atoms with Gasteiger partial charge in [-0.25, -0.2) is 4.79 Å². The Hall–Kier alpha value is -2.15. The Labute approximate surface area is 154 Å². The molecule has 1 aromatic heterocycles. The summed E-state index contributed by atoms with van der Waals surface area (Å²) in [4.78, 5) is 13.9. The largest absolute Gasteiger partial charge is 0.465 e. The third-order valence-corrected chi connectivity index (χ3v) is 4.48. The van der Waals surface area contributed by atoms with Crippen LogP contribution in [0.4, 0.5) is 0 Å². The monoisotopic (exact) mass is 358 g/mol. The van der Waals surface area contributed by atoms with Crippen LogP contribution in [0.5, 0.6) is 0 Å². The number of furan rings is 1. The van der Waals surface area contributed by atoms with Gasteiger partial charge in [0.2, 0.25) is 0 Å². The third kappa shape index (κ3) is 5.17. The highest BCUT2D eigenvalue weighted by atomic mass is 16.5. The quantitative estimate of drug-likeness (QED) is 0.578. The molecule has 6 heteroatoms. The van der Waals surface area contributed by atoms with Gasteiger partial charge >= 0.3 is 5.97 Å². The number of benzene rings is 1. The molecule has 0 saturated carbocycles. The number of hydrogen-bond donors (Lipinski definition) is 1. The number of nitrogens with one attached hydrogen (secondary N) is 1. The molecule has 1 saturated heterocycles. The van der Waals surface area contributed by atoms with Crippen LogP contribution in [0, 0.1) is 0 Å². The molecule has 1 aliphatic heterocycles. The zero-order valence-corrected chi connectivity index (χ0v) is 15.2. The molecule has 1 aliphatic rings. The molecule has 6 nitrogen and oxygen atoms in total. The predicted octanol–water partition coefficient (Wildman–Crippen LogP) is 2.55. The summed E-state index contributed by atoms with van der Waals surface area (Å²) >= 11 is 0. The van der Waals surface area contributed by atoms with Crippen molar-refractivity contribution < 1.29 is 18.7 Å². The Kier molecular flexibility index (Phi) is 6.82. The number of carbonyl (C=O) groups is 1. The highest BCUT2D eigenvalue weighted by Gasteiger charge is 2.10. The van der Waals surface area contributed by atoms with E-state index >= 15 is 0 Å². The van der Waals surface area contributed by atoms with Crippen LogP contribution in [-0.2, 0) is 16.0 Å². The number of nitrogens with zero attached hydrogens (tertiary/aromatic N) is 1. The molecule has 140 valence electrons. The summed E-state index contributed by atoms with van der Waals surface area (Å²) in [5, 5.41) is 3.42. The van der Waals surface area contributed by atoms with Gasteiger partial charge in [0.25, 0.3) is 0 Å². The van der Waals surface area contributed by atoms with E-state index < -0.39 is 0 Å². The molecule has 1 fully saturated rings. The van der Waals surface area contributed by atoms with E-state index in [0.717, 1.165) is 62.9 Å². The number of esters is 1. The molecular weight excluding hydrogens is 332 g/mol. The van der Waals surface area contributed by atoms with Crippen LogP contribution in [-0.4, -0.2) is 57.4 Å². The molecule has 1 aromatic carbocycles. The molecule has 0 bridgehead atoms. The zero-order chi connectivity index (χ0) is 18.2. The summed E-state index contributed by atoms with van der Waals surface area (Å²) in [7, 11) is 1.38. The maximum atomic E-state index is 11.5. The lowest BCUT2D eigenvalue weighted by atomic mass is 10.1. The Bertz CT molecular complexity index is 690. The van der Waals surface area contributed by atoms with Gasteiger partial charge in [-0.3, -0.25) is 4.90 Å². The van der Waals surface area contributed by atoms with Crippen molar-refractivity contribution in [2.75, 3.05) is 46.5 Å². The van der Waals surface area contributed by atoms with E-state index in [1.807, 2.05) is 24.3 Å². The average molecular weight is 358 g/mol. The van der Waals surface area contributed by atoms with Gasteiger partial charge in [-0.15, -0.1) is 0 Å². The standard InChI is InChI=1S/C20H26N2O4/c1-24-20(23)17-5-3-16(4-6-17)19-8-7-18(26-19)15-21-9-2-10-22-11-13-25-14-12-22/h3-8,21H,2,9-15H2,1H3. The molecule has 2 heterocycles. The molecule has 3 rings (SSSR count). The van der Waals surface area contributed by atoms with Crippen molar-refractivity contribution in [3.05, 3.63) is 47.7 Å². The van der Waals surface area contributed by atoms with Gasteiger partial charge in [-0.05, 0) is 43.8 Å². The van der Waals surface area contributed by atoms with Crippen molar-refractivity contribution in [2.45, 2.75) is 13.0 Å². The van der Waals surface area contributed by atoms with Crippen molar-refractivity contribution >= 4 is 5.97 Å². The molecular formula is C20H26N2O4. The summed E-state index contributed by atoms with van der Waals surface area (Å²) in [6, 6.07) is 11.2. The first-order chi connectivity index (χ1) is 12.8. The van der Waals surface area contributed by atoms with Crippen molar-refractivity contribution in [3.8, 4) is 11.3 Å². The highest BCUT2D eigenvalue weighted by molar-refractivity contribution is 5.89. The van der Waals surface area contributed by atoms with E-state index in [0.29, 0.717) is 12.1 Å². The SMILES string of the molecule is COC(=O)c1ccc(-c2ccc(CNCCCN3CCOCC3)o2)cc1. The Morgan fingerprint density at radius 3 is 2.65 bits per heavy atom. The number of carbonyl (C=O) groups excluding carboxylic acids is 1. The topological polar surface area (TPSA) is 63.9 Å². The van der Waals surface area contributed by atoms with E-state index in [1.54, 1.807) is 12.1 Å².